The number of hydrogen-bond acceptors (Lipinski definition) is 2. The van der Waals surface area contributed by atoms with Gasteiger partial charge in [-0.15, -0.1) is 0 Å². The molecule has 0 aromatic rings. The molecule has 0 unspecified atom stereocenters. The summed E-state index contributed by atoms with van der Waals surface area (Å²) in [5, 5.41) is 3.10. The van der Waals surface area contributed by atoms with E-state index in [0.29, 0.717) is 17.7 Å². The van der Waals surface area contributed by atoms with E-state index in [2.05, 4.69) is 5.32 Å². The van der Waals surface area contributed by atoms with Crippen molar-refractivity contribution < 1.29 is 13.2 Å². The molecule has 1 saturated heterocycles. The van der Waals surface area contributed by atoms with Crippen LogP contribution in [0, 0.1) is 0 Å². The number of alkyl halides is 3. The van der Waals surface area contributed by atoms with Gasteiger partial charge in [0.15, 0.2) is 0 Å². The molecular weight excluding hydrogens is 193 g/mol. The van der Waals surface area contributed by atoms with Crippen LogP contribution >= 0.6 is 0 Å². The first-order valence-electron chi connectivity index (χ1n) is 5.14. The minimum atomic E-state index is -4.15. The van der Waals surface area contributed by atoms with E-state index >= 15 is 0 Å². The maximum absolute atomic E-state index is 12.6. The number of nitrogens with one attached hydrogen (secondary N) is 1. The topological polar surface area (TPSA) is 15.3 Å². The second-order valence-electron chi connectivity index (χ2n) is 4.14. The molecule has 0 spiro atoms. The van der Waals surface area contributed by atoms with Crippen molar-refractivity contribution >= 4 is 0 Å². The smallest absolute Gasteiger partial charge is 0.313 e. The van der Waals surface area contributed by atoms with E-state index in [0.717, 1.165) is 19.4 Å². The Morgan fingerprint density at radius 1 is 1.21 bits per heavy atom. The van der Waals surface area contributed by atoms with Crippen LogP contribution in [0.5, 0.6) is 0 Å². The van der Waals surface area contributed by atoms with Gasteiger partial charge >= 0.3 is 6.30 Å². The third kappa shape index (κ3) is 2.39. The summed E-state index contributed by atoms with van der Waals surface area (Å²) in [6.07, 6.45) is -0.871. The maximum atomic E-state index is 12.6. The van der Waals surface area contributed by atoms with Crippen LogP contribution in [0.3, 0.4) is 0 Å². The Kier molecular flexibility index (Phi) is 2.70. The van der Waals surface area contributed by atoms with Gasteiger partial charge in [0.25, 0.3) is 0 Å². The summed E-state index contributed by atoms with van der Waals surface area (Å²) in [5.74, 6) is 0. The van der Waals surface area contributed by atoms with Crippen LogP contribution in [0.1, 0.15) is 25.7 Å². The highest BCUT2D eigenvalue weighted by Crippen LogP contribution is 2.35. The molecule has 1 heterocycles. The summed E-state index contributed by atoms with van der Waals surface area (Å²) in [5.41, 5.74) is 0. The first-order chi connectivity index (χ1) is 6.57. The lowest BCUT2D eigenvalue weighted by molar-refractivity contribution is -0.250. The predicted molar refractivity (Wildman–Crippen MR) is 46.8 cm³/mol. The van der Waals surface area contributed by atoms with E-state index in [1.165, 1.54) is 0 Å². The molecule has 2 fully saturated rings. The molecule has 82 valence electrons. The molecule has 0 radical (unpaired) electrons. The van der Waals surface area contributed by atoms with Gasteiger partial charge in [-0.1, -0.05) is 0 Å². The van der Waals surface area contributed by atoms with Crippen LogP contribution in [0.2, 0.25) is 0 Å². The van der Waals surface area contributed by atoms with Crippen LogP contribution in [0.15, 0.2) is 0 Å². The van der Waals surface area contributed by atoms with E-state index in [1.54, 1.807) is 0 Å². The van der Waals surface area contributed by atoms with Gasteiger partial charge in [-0.25, -0.2) is 4.90 Å². The molecular formula is C9H15F3N2. The molecule has 2 rings (SSSR count). The number of hydrogen-bond donors (Lipinski definition) is 1. The van der Waals surface area contributed by atoms with E-state index in [9.17, 15) is 13.2 Å². The van der Waals surface area contributed by atoms with Crippen molar-refractivity contribution in [2.75, 3.05) is 13.1 Å². The van der Waals surface area contributed by atoms with Crippen LogP contribution in [0.25, 0.3) is 0 Å². The van der Waals surface area contributed by atoms with Crippen molar-refractivity contribution in [3.8, 4) is 0 Å². The lowest BCUT2D eigenvalue weighted by Gasteiger charge is -2.27. The Morgan fingerprint density at radius 3 is 2.36 bits per heavy atom. The van der Waals surface area contributed by atoms with Crippen molar-refractivity contribution in [3.05, 3.63) is 0 Å². The monoisotopic (exact) mass is 208 g/mol. The Hall–Kier alpha value is -0.290. The molecule has 1 aliphatic heterocycles. The van der Waals surface area contributed by atoms with E-state index in [4.69, 9.17) is 0 Å². The molecule has 0 bridgehead atoms. The Morgan fingerprint density at radius 2 is 1.93 bits per heavy atom. The average molecular weight is 208 g/mol. The molecule has 2 aliphatic rings. The highest BCUT2D eigenvalue weighted by atomic mass is 19.4. The van der Waals surface area contributed by atoms with Gasteiger partial charge in [-0.05, 0) is 32.2 Å². The van der Waals surface area contributed by atoms with Gasteiger partial charge in [0.1, 0.15) is 0 Å². The zero-order valence-electron chi connectivity index (χ0n) is 7.98. The normalized spacial score (nSPS) is 28.7. The molecule has 14 heavy (non-hydrogen) atoms. The van der Waals surface area contributed by atoms with E-state index in [1.807, 2.05) is 0 Å². The molecule has 0 amide bonds. The van der Waals surface area contributed by atoms with Crippen LogP contribution in [-0.4, -0.2) is 36.4 Å². The van der Waals surface area contributed by atoms with Crippen molar-refractivity contribution in [2.24, 2.45) is 0 Å². The maximum Gasteiger partial charge on any atom is 0.460 e. The Bertz CT molecular complexity index is 195. The molecule has 1 atom stereocenters. The van der Waals surface area contributed by atoms with Crippen molar-refractivity contribution in [3.63, 3.8) is 0 Å². The lowest BCUT2D eigenvalue weighted by atomic mass is 10.2. The molecule has 0 aromatic carbocycles. The number of nitrogens with zero attached hydrogens (tertiary/aromatic N) is 1. The third-order valence-corrected chi connectivity index (χ3v) is 2.89. The summed E-state index contributed by atoms with van der Waals surface area (Å²) in [6, 6.07) is -0.199. The highest BCUT2D eigenvalue weighted by Gasteiger charge is 2.46. The van der Waals surface area contributed by atoms with Gasteiger partial charge in [0.05, 0.1) is 0 Å². The second-order valence-corrected chi connectivity index (χ2v) is 4.14. The minimum Gasteiger partial charge on any atom is -0.313 e. The van der Waals surface area contributed by atoms with Gasteiger partial charge in [-0.2, -0.15) is 13.2 Å². The van der Waals surface area contributed by atoms with Gasteiger partial charge in [-0.3, -0.25) is 0 Å². The van der Waals surface area contributed by atoms with E-state index in [-0.39, 0.29) is 18.6 Å². The van der Waals surface area contributed by atoms with Crippen LogP contribution in [0.4, 0.5) is 13.2 Å². The van der Waals surface area contributed by atoms with Crippen LogP contribution in [-0.2, 0) is 0 Å². The fourth-order valence-corrected chi connectivity index (χ4v) is 2.00. The summed E-state index contributed by atoms with van der Waals surface area (Å²) in [7, 11) is 0. The fourth-order valence-electron chi connectivity index (χ4n) is 2.00. The summed E-state index contributed by atoms with van der Waals surface area (Å²) in [6.45, 7) is 0.995. The minimum absolute atomic E-state index is 0.0391. The molecule has 1 N–H and O–H groups in total. The SMILES string of the molecule is FC(F)(F)N(C[C@@H]1CCCN1)C1CC1. The van der Waals surface area contributed by atoms with Crippen molar-refractivity contribution in [1.82, 2.24) is 10.2 Å². The summed E-state index contributed by atoms with van der Waals surface area (Å²) < 4.78 is 37.7. The Balaban J connectivity index is 1.90. The second kappa shape index (κ2) is 3.70. The van der Waals surface area contributed by atoms with Gasteiger partial charge in [0.2, 0.25) is 0 Å². The predicted octanol–water partition coefficient (Wildman–Crippen LogP) is 1.72. The standard InChI is InChI=1S/C9H15F3N2/c10-9(11,12)14(8-3-4-8)6-7-2-1-5-13-7/h7-8,13H,1-6H2/t7-/m0/s1. The first-order valence-corrected chi connectivity index (χ1v) is 5.14. The zero-order chi connectivity index (χ0) is 10.2. The molecule has 1 aliphatic carbocycles. The third-order valence-electron chi connectivity index (χ3n) is 2.89. The first kappa shape index (κ1) is 10.2. The average Bonchev–Trinajstić information content (AvgIpc) is 2.77. The van der Waals surface area contributed by atoms with Crippen molar-refractivity contribution in [2.45, 2.75) is 44.1 Å². The van der Waals surface area contributed by atoms with E-state index < -0.39 is 6.30 Å². The quantitative estimate of drug-likeness (QED) is 0.710. The molecule has 1 saturated carbocycles. The van der Waals surface area contributed by atoms with Crippen molar-refractivity contribution in [1.29, 1.82) is 0 Å². The van der Waals surface area contributed by atoms with Gasteiger partial charge < -0.3 is 5.32 Å². The fraction of sp³-hybridized carbons (Fsp3) is 1.00. The lowest BCUT2D eigenvalue weighted by Crippen LogP contribution is -2.46. The summed E-state index contributed by atoms with van der Waals surface area (Å²) in [4.78, 5) is 0.704. The molecule has 5 heteroatoms. The van der Waals surface area contributed by atoms with Crippen LogP contribution < -0.4 is 5.32 Å². The van der Waals surface area contributed by atoms with Gasteiger partial charge in [0, 0.05) is 18.6 Å². The summed E-state index contributed by atoms with van der Waals surface area (Å²) >= 11 is 0. The highest BCUT2D eigenvalue weighted by molar-refractivity contribution is 4.89. The molecule has 2 nitrogen and oxygen atoms in total. The Labute approximate surface area is 81.5 Å². The number of rotatable bonds is 3. The number of halogens is 3. The zero-order valence-corrected chi connectivity index (χ0v) is 7.98. The molecule has 0 aromatic heterocycles. The largest absolute Gasteiger partial charge is 0.460 e.